The van der Waals surface area contributed by atoms with Gasteiger partial charge in [0.05, 0.1) is 0 Å². The fourth-order valence-electron chi connectivity index (χ4n) is 2.45. The van der Waals surface area contributed by atoms with Crippen molar-refractivity contribution in [2.24, 2.45) is 0 Å². The standard InChI is InChI=1S/C19H16N4O2S/c24-16(12-4-2-1-3-5-12)20-15-10-8-13(9-11-15)17(25)21-19-23-22-18(26-19)14-6-7-14/h1-5,8-11,14H,6-7H2,(H,20,24)(H,21,23,25). The lowest BCUT2D eigenvalue weighted by molar-refractivity contribution is 0.102. The Balaban J connectivity index is 1.38. The Morgan fingerprint density at radius 3 is 2.19 bits per heavy atom. The molecule has 0 radical (unpaired) electrons. The van der Waals surface area contributed by atoms with Crippen molar-refractivity contribution in [3.63, 3.8) is 0 Å². The second kappa shape index (κ2) is 7.05. The Hall–Kier alpha value is -3.06. The number of nitrogens with zero attached hydrogens (tertiary/aromatic N) is 2. The van der Waals surface area contributed by atoms with Crippen molar-refractivity contribution in [1.82, 2.24) is 10.2 Å². The normalized spacial score (nSPS) is 13.2. The third-order valence-corrected chi connectivity index (χ3v) is 5.03. The topological polar surface area (TPSA) is 84.0 Å². The summed E-state index contributed by atoms with van der Waals surface area (Å²) in [5, 5.41) is 15.2. The van der Waals surface area contributed by atoms with Crippen molar-refractivity contribution in [2.45, 2.75) is 18.8 Å². The molecular weight excluding hydrogens is 348 g/mol. The predicted octanol–water partition coefficient (Wildman–Crippen LogP) is 3.92. The maximum absolute atomic E-state index is 12.3. The van der Waals surface area contributed by atoms with Gasteiger partial charge in [0.15, 0.2) is 0 Å². The molecule has 1 fully saturated rings. The maximum Gasteiger partial charge on any atom is 0.257 e. The Morgan fingerprint density at radius 1 is 0.846 bits per heavy atom. The number of amides is 2. The van der Waals surface area contributed by atoms with Gasteiger partial charge in [-0.3, -0.25) is 14.9 Å². The SMILES string of the molecule is O=C(Nc1ccc(C(=O)Nc2nnc(C3CC3)s2)cc1)c1ccccc1. The summed E-state index contributed by atoms with van der Waals surface area (Å²) in [5.41, 5.74) is 1.70. The van der Waals surface area contributed by atoms with Crippen LogP contribution in [0.25, 0.3) is 0 Å². The molecule has 1 aliphatic rings. The van der Waals surface area contributed by atoms with Gasteiger partial charge in [-0.25, -0.2) is 0 Å². The molecule has 6 nitrogen and oxygen atoms in total. The van der Waals surface area contributed by atoms with Gasteiger partial charge in [-0.2, -0.15) is 0 Å². The van der Waals surface area contributed by atoms with Gasteiger partial charge in [-0.15, -0.1) is 10.2 Å². The van der Waals surface area contributed by atoms with E-state index in [-0.39, 0.29) is 11.8 Å². The third kappa shape index (κ3) is 3.78. The molecule has 4 rings (SSSR count). The Labute approximate surface area is 154 Å². The van der Waals surface area contributed by atoms with Crippen molar-refractivity contribution in [2.75, 3.05) is 10.6 Å². The van der Waals surface area contributed by atoms with Crippen molar-refractivity contribution in [3.8, 4) is 0 Å². The monoisotopic (exact) mass is 364 g/mol. The summed E-state index contributed by atoms with van der Waals surface area (Å²) in [6, 6.07) is 15.7. The molecule has 0 atom stereocenters. The van der Waals surface area contributed by atoms with Crippen LogP contribution in [0.4, 0.5) is 10.8 Å². The minimum Gasteiger partial charge on any atom is -0.322 e. The van der Waals surface area contributed by atoms with Gasteiger partial charge >= 0.3 is 0 Å². The average Bonchev–Trinajstić information content (AvgIpc) is 3.42. The zero-order chi connectivity index (χ0) is 17.9. The number of benzene rings is 2. The van der Waals surface area contributed by atoms with E-state index in [0.29, 0.717) is 27.9 Å². The summed E-state index contributed by atoms with van der Waals surface area (Å²) < 4.78 is 0. The molecule has 0 spiro atoms. The van der Waals surface area contributed by atoms with E-state index in [9.17, 15) is 9.59 Å². The van der Waals surface area contributed by atoms with Crippen LogP contribution in [-0.2, 0) is 0 Å². The van der Waals surface area contributed by atoms with Gasteiger partial charge < -0.3 is 5.32 Å². The lowest BCUT2D eigenvalue weighted by atomic mass is 10.1. The second-order valence-corrected chi connectivity index (χ2v) is 7.08. The highest BCUT2D eigenvalue weighted by Gasteiger charge is 2.27. The van der Waals surface area contributed by atoms with Crippen LogP contribution in [0.15, 0.2) is 54.6 Å². The lowest BCUT2D eigenvalue weighted by Crippen LogP contribution is -2.13. The quantitative estimate of drug-likeness (QED) is 0.719. The molecule has 2 N–H and O–H groups in total. The van der Waals surface area contributed by atoms with E-state index < -0.39 is 0 Å². The first-order valence-corrected chi connectivity index (χ1v) is 9.12. The van der Waals surface area contributed by atoms with E-state index in [1.807, 2.05) is 18.2 Å². The first-order valence-electron chi connectivity index (χ1n) is 8.30. The first-order chi connectivity index (χ1) is 12.7. The van der Waals surface area contributed by atoms with Gasteiger partial charge in [0.25, 0.3) is 11.8 Å². The van der Waals surface area contributed by atoms with Gasteiger partial charge in [-0.1, -0.05) is 29.5 Å². The zero-order valence-corrected chi connectivity index (χ0v) is 14.6. The van der Waals surface area contributed by atoms with E-state index in [1.54, 1.807) is 36.4 Å². The molecule has 1 saturated carbocycles. The van der Waals surface area contributed by atoms with Gasteiger partial charge in [0.1, 0.15) is 5.01 Å². The fourth-order valence-corrected chi connectivity index (χ4v) is 3.35. The summed E-state index contributed by atoms with van der Waals surface area (Å²) in [4.78, 5) is 24.4. The zero-order valence-electron chi connectivity index (χ0n) is 13.8. The first kappa shape index (κ1) is 16.4. The minimum absolute atomic E-state index is 0.190. The molecule has 26 heavy (non-hydrogen) atoms. The van der Waals surface area contributed by atoms with E-state index in [4.69, 9.17) is 0 Å². The molecule has 0 aliphatic heterocycles. The summed E-state index contributed by atoms with van der Waals surface area (Å²) in [6.45, 7) is 0. The smallest absolute Gasteiger partial charge is 0.257 e. The molecule has 0 bridgehead atoms. The molecule has 0 unspecified atom stereocenters. The van der Waals surface area contributed by atoms with E-state index in [2.05, 4.69) is 20.8 Å². The van der Waals surface area contributed by atoms with Gasteiger partial charge in [-0.05, 0) is 49.2 Å². The van der Waals surface area contributed by atoms with Crippen LogP contribution in [0, 0.1) is 0 Å². The molecule has 1 aromatic heterocycles. The second-order valence-electron chi connectivity index (χ2n) is 6.07. The highest BCUT2D eigenvalue weighted by atomic mass is 32.1. The molecule has 1 aliphatic carbocycles. The van der Waals surface area contributed by atoms with Crippen LogP contribution in [0.1, 0.15) is 44.5 Å². The van der Waals surface area contributed by atoms with Gasteiger partial charge in [0, 0.05) is 22.7 Å². The number of hydrogen-bond acceptors (Lipinski definition) is 5. The molecular formula is C19H16N4O2S. The Kier molecular flexibility index (Phi) is 4.45. The largest absolute Gasteiger partial charge is 0.322 e. The number of hydrogen-bond donors (Lipinski definition) is 2. The number of anilines is 2. The Morgan fingerprint density at radius 2 is 1.50 bits per heavy atom. The number of carbonyl (C=O) groups is 2. The summed E-state index contributed by atoms with van der Waals surface area (Å²) in [5.74, 6) is 0.0827. The molecule has 2 amide bonds. The minimum atomic E-state index is -0.246. The summed E-state index contributed by atoms with van der Waals surface area (Å²) in [7, 11) is 0. The van der Waals surface area contributed by atoms with Crippen molar-refractivity contribution in [3.05, 3.63) is 70.7 Å². The Bertz CT molecular complexity index is 934. The number of rotatable bonds is 5. The van der Waals surface area contributed by atoms with Gasteiger partial charge in [0.2, 0.25) is 5.13 Å². The highest BCUT2D eigenvalue weighted by molar-refractivity contribution is 7.15. The van der Waals surface area contributed by atoms with Crippen LogP contribution >= 0.6 is 11.3 Å². The van der Waals surface area contributed by atoms with E-state index in [1.165, 1.54) is 11.3 Å². The number of carbonyl (C=O) groups excluding carboxylic acids is 2. The van der Waals surface area contributed by atoms with Crippen LogP contribution in [0.3, 0.4) is 0 Å². The molecule has 7 heteroatoms. The van der Waals surface area contributed by atoms with Crippen molar-refractivity contribution in [1.29, 1.82) is 0 Å². The predicted molar refractivity (Wildman–Crippen MR) is 101 cm³/mol. The third-order valence-electron chi connectivity index (χ3n) is 4.03. The van der Waals surface area contributed by atoms with Crippen molar-refractivity contribution >= 4 is 34.0 Å². The highest BCUT2D eigenvalue weighted by Crippen LogP contribution is 2.42. The van der Waals surface area contributed by atoms with Crippen LogP contribution in [-0.4, -0.2) is 22.0 Å². The van der Waals surface area contributed by atoms with E-state index in [0.717, 1.165) is 17.8 Å². The average molecular weight is 364 g/mol. The molecule has 130 valence electrons. The summed E-state index contributed by atoms with van der Waals surface area (Å²) >= 11 is 1.42. The van der Waals surface area contributed by atoms with Crippen molar-refractivity contribution < 1.29 is 9.59 Å². The lowest BCUT2D eigenvalue weighted by Gasteiger charge is -2.06. The van der Waals surface area contributed by atoms with Crippen LogP contribution < -0.4 is 10.6 Å². The van der Waals surface area contributed by atoms with Crippen LogP contribution in [0.2, 0.25) is 0 Å². The maximum atomic E-state index is 12.3. The number of aromatic nitrogens is 2. The molecule has 1 heterocycles. The molecule has 3 aromatic rings. The molecule has 2 aromatic carbocycles. The molecule has 0 saturated heterocycles. The van der Waals surface area contributed by atoms with Crippen LogP contribution in [0.5, 0.6) is 0 Å². The van der Waals surface area contributed by atoms with E-state index >= 15 is 0 Å². The summed E-state index contributed by atoms with van der Waals surface area (Å²) in [6.07, 6.45) is 2.30. The fraction of sp³-hybridized carbons (Fsp3) is 0.158. The number of nitrogens with one attached hydrogen (secondary N) is 2.